The average Bonchev–Trinajstić information content (AvgIpc) is 2.31. The maximum atomic E-state index is 11.2. The SMILES string of the molecule is C=C/C(=C/Nc1ccc(Cl)cc1)C(=O)OC. The maximum absolute atomic E-state index is 11.2. The zero-order valence-electron chi connectivity index (χ0n) is 8.87. The van der Waals surface area contributed by atoms with Crippen molar-refractivity contribution in [1.82, 2.24) is 0 Å². The van der Waals surface area contributed by atoms with Gasteiger partial charge in [-0.3, -0.25) is 0 Å². The number of benzene rings is 1. The molecule has 0 bridgehead atoms. The Balaban J connectivity index is 2.74. The molecule has 0 amide bonds. The molecule has 84 valence electrons. The van der Waals surface area contributed by atoms with Crippen LogP contribution in [0.3, 0.4) is 0 Å². The highest BCUT2D eigenvalue weighted by molar-refractivity contribution is 6.30. The standard InChI is InChI=1S/C12H12ClNO2/c1-3-9(12(15)16-2)8-14-11-6-4-10(13)5-7-11/h3-8,14H,1H2,2H3/b9-8-. The van der Waals surface area contributed by atoms with Crippen LogP contribution in [0.5, 0.6) is 0 Å². The smallest absolute Gasteiger partial charge is 0.339 e. The molecule has 0 aliphatic heterocycles. The van der Waals surface area contributed by atoms with Crippen molar-refractivity contribution in [3.8, 4) is 0 Å². The van der Waals surface area contributed by atoms with Gasteiger partial charge in [-0.25, -0.2) is 4.79 Å². The van der Waals surface area contributed by atoms with Gasteiger partial charge in [0.05, 0.1) is 12.7 Å². The highest BCUT2D eigenvalue weighted by Gasteiger charge is 2.03. The van der Waals surface area contributed by atoms with E-state index in [-0.39, 0.29) is 0 Å². The van der Waals surface area contributed by atoms with Crippen LogP contribution in [0, 0.1) is 0 Å². The van der Waals surface area contributed by atoms with Crippen molar-refractivity contribution in [1.29, 1.82) is 0 Å². The summed E-state index contributed by atoms with van der Waals surface area (Å²) in [6.07, 6.45) is 2.96. The van der Waals surface area contributed by atoms with Crippen LogP contribution >= 0.6 is 11.6 Å². The molecular weight excluding hydrogens is 226 g/mol. The number of hydrogen-bond acceptors (Lipinski definition) is 3. The molecule has 0 aromatic heterocycles. The summed E-state index contributed by atoms with van der Waals surface area (Å²) in [6, 6.07) is 7.11. The van der Waals surface area contributed by atoms with Gasteiger partial charge in [-0.05, 0) is 24.3 Å². The third-order valence-corrected chi connectivity index (χ3v) is 2.13. The van der Waals surface area contributed by atoms with E-state index in [1.165, 1.54) is 19.4 Å². The van der Waals surface area contributed by atoms with Crippen molar-refractivity contribution in [2.75, 3.05) is 12.4 Å². The molecule has 1 aromatic carbocycles. The van der Waals surface area contributed by atoms with Crippen LogP contribution in [-0.4, -0.2) is 13.1 Å². The topological polar surface area (TPSA) is 38.3 Å². The molecule has 1 rings (SSSR count). The van der Waals surface area contributed by atoms with Crippen molar-refractivity contribution in [3.63, 3.8) is 0 Å². The fraction of sp³-hybridized carbons (Fsp3) is 0.0833. The lowest BCUT2D eigenvalue weighted by Gasteiger charge is -2.03. The lowest BCUT2D eigenvalue weighted by molar-refractivity contribution is -0.135. The van der Waals surface area contributed by atoms with Gasteiger partial charge in [0, 0.05) is 16.9 Å². The molecule has 16 heavy (non-hydrogen) atoms. The van der Waals surface area contributed by atoms with Gasteiger partial charge in [0.15, 0.2) is 0 Å². The molecule has 0 aliphatic carbocycles. The van der Waals surface area contributed by atoms with Crippen LogP contribution in [-0.2, 0) is 9.53 Å². The van der Waals surface area contributed by atoms with Crippen LogP contribution < -0.4 is 5.32 Å². The van der Waals surface area contributed by atoms with E-state index in [1.54, 1.807) is 24.3 Å². The number of halogens is 1. The van der Waals surface area contributed by atoms with E-state index < -0.39 is 5.97 Å². The van der Waals surface area contributed by atoms with E-state index in [0.29, 0.717) is 10.6 Å². The first kappa shape index (κ1) is 12.3. The van der Waals surface area contributed by atoms with Crippen LogP contribution in [0.15, 0.2) is 48.7 Å². The molecular formula is C12H12ClNO2. The quantitative estimate of drug-likeness (QED) is 0.497. The van der Waals surface area contributed by atoms with Crippen molar-refractivity contribution < 1.29 is 9.53 Å². The molecule has 4 heteroatoms. The zero-order valence-corrected chi connectivity index (χ0v) is 9.62. The molecule has 0 fully saturated rings. The van der Waals surface area contributed by atoms with Crippen molar-refractivity contribution in [2.45, 2.75) is 0 Å². The van der Waals surface area contributed by atoms with E-state index in [2.05, 4.69) is 16.6 Å². The minimum absolute atomic E-state index is 0.359. The molecule has 0 spiro atoms. The molecule has 0 saturated carbocycles. The lowest BCUT2D eigenvalue weighted by Crippen LogP contribution is -2.04. The number of methoxy groups -OCH3 is 1. The van der Waals surface area contributed by atoms with Gasteiger partial charge in [-0.15, -0.1) is 0 Å². The first-order chi connectivity index (χ1) is 7.67. The van der Waals surface area contributed by atoms with Crippen LogP contribution in [0.2, 0.25) is 5.02 Å². The average molecular weight is 238 g/mol. The third-order valence-electron chi connectivity index (χ3n) is 1.88. The summed E-state index contributed by atoms with van der Waals surface area (Å²) in [6.45, 7) is 3.53. The Morgan fingerprint density at radius 1 is 1.44 bits per heavy atom. The Morgan fingerprint density at radius 2 is 2.06 bits per heavy atom. The number of rotatable bonds is 4. The summed E-state index contributed by atoms with van der Waals surface area (Å²) in [5.74, 6) is -0.434. The van der Waals surface area contributed by atoms with Crippen LogP contribution in [0.4, 0.5) is 5.69 Å². The fourth-order valence-electron chi connectivity index (χ4n) is 1.03. The van der Waals surface area contributed by atoms with Gasteiger partial charge in [-0.1, -0.05) is 24.3 Å². The van der Waals surface area contributed by atoms with E-state index >= 15 is 0 Å². The largest absolute Gasteiger partial charge is 0.465 e. The number of nitrogens with one attached hydrogen (secondary N) is 1. The van der Waals surface area contributed by atoms with Crippen LogP contribution in [0.1, 0.15) is 0 Å². The Hall–Kier alpha value is -1.74. The fourth-order valence-corrected chi connectivity index (χ4v) is 1.15. The monoisotopic (exact) mass is 237 g/mol. The second-order valence-corrected chi connectivity index (χ2v) is 3.38. The molecule has 1 aromatic rings. The van der Waals surface area contributed by atoms with Gasteiger partial charge >= 0.3 is 5.97 Å². The highest BCUT2D eigenvalue weighted by Crippen LogP contribution is 2.13. The molecule has 0 atom stereocenters. The van der Waals surface area contributed by atoms with E-state index in [0.717, 1.165) is 5.69 Å². The van der Waals surface area contributed by atoms with Crippen molar-refractivity contribution in [3.05, 3.63) is 53.7 Å². The van der Waals surface area contributed by atoms with E-state index in [4.69, 9.17) is 11.6 Å². The molecule has 1 N–H and O–H groups in total. The van der Waals surface area contributed by atoms with E-state index in [1.807, 2.05) is 0 Å². The lowest BCUT2D eigenvalue weighted by atomic mass is 10.3. The normalized spacial score (nSPS) is 10.8. The summed E-state index contributed by atoms with van der Waals surface area (Å²) in [5.41, 5.74) is 1.19. The third kappa shape index (κ3) is 3.44. The summed E-state index contributed by atoms with van der Waals surface area (Å²) >= 11 is 5.74. The summed E-state index contributed by atoms with van der Waals surface area (Å²) in [4.78, 5) is 11.2. The Morgan fingerprint density at radius 3 is 2.56 bits per heavy atom. The minimum Gasteiger partial charge on any atom is -0.465 e. The maximum Gasteiger partial charge on any atom is 0.339 e. The number of carbonyl (C=O) groups is 1. The van der Waals surface area contributed by atoms with Gasteiger partial charge in [0.2, 0.25) is 0 Å². The Labute approximate surface area is 99.4 Å². The van der Waals surface area contributed by atoms with Crippen molar-refractivity contribution in [2.24, 2.45) is 0 Å². The summed E-state index contributed by atoms with van der Waals surface area (Å²) in [7, 11) is 1.32. The predicted octanol–water partition coefficient (Wildman–Crippen LogP) is 2.99. The first-order valence-corrected chi connectivity index (χ1v) is 4.98. The number of esters is 1. The predicted molar refractivity (Wildman–Crippen MR) is 65.4 cm³/mol. The van der Waals surface area contributed by atoms with Crippen molar-refractivity contribution >= 4 is 23.3 Å². The molecule has 0 heterocycles. The molecule has 0 unspecified atom stereocenters. The second-order valence-electron chi connectivity index (χ2n) is 2.95. The number of hydrogen-bond donors (Lipinski definition) is 1. The van der Waals surface area contributed by atoms with Gasteiger partial charge in [0.25, 0.3) is 0 Å². The second kappa shape index (κ2) is 5.98. The number of ether oxygens (including phenoxy) is 1. The van der Waals surface area contributed by atoms with E-state index in [9.17, 15) is 4.79 Å². The summed E-state index contributed by atoms with van der Waals surface area (Å²) < 4.78 is 4.57. The number of anilines is 1. The molecule has 0 saturated heterocycles. The van der Waals surface area contributed by atoms with Gasteiger partial charge < -0.3 is 10.1 Å². The van der Waals surface area contributed by atoms with Gasteiger partial charge in [0.1, 0.15) is 0 Å². The van der Waals surface area contributed by atoms with Crippen LogP contribution in [0.25, 0.3) is 0 Å². The number of carbonyl (C=O) groups excluding carboxylic acids is 1. The first-order valence-electron chi connectivity index (χ1n) is 4.60. The minimum atomic E-state index is -0.434. The summed E-state index contributed by atoms with van der Waals surface area (Å²) in [5, 5.41) is 3.60. The Bertz CT molecular complexity index is 410. The Kier molecular flexibility index (Phi) is 4.61. The molecule has 3 nitrogen and oxygen atoms in total. The van der Waals surface area contributed by atoms with Gasteiger partial charge in [-0.2, -0.15) is 0 Å². The molecule has 0 radical (unpaired) electrons. The molecule has 0 aliphatic rings. The highest BCUT2D eigenvalue weighted by atomic mass is 35.5. The zero-order chi connectivity index (χ0) is 12.0.